The number of nitrogens with zero attached hydrogens (tertiary/aromatic N) is 2. The summed E-state index contributed by atoms with van der Waals surface area (Å²) in [5.41, 5.74) is 2.38. The van der Waals surface area contributed by atoms with Crippen molar-refractivity contribution in [3.63, 3.8) is 0 Å². The van der Waals surface area contributed by atoms with E-state index in [4.69, 9.17) is 4.74 Å². The van der Waals surface area contributed by atoms with Crippen molar-refractivity contribution in [3.05, 3.63) is 42.1 Å². The standard InChI is InChI=1S/C22H27N3O2/c26-21(23-13-10-17-9-8-16-5-1-2-6-18(16)24-17)25-15-22(11-4-12-22)20(25)19-7-3-14-27-19/h1-2,5-6,8-9,19-20H,3-4,7,10-15H2,(H,23,26)/t19-,20+/m1/s1. The molecule has 5 heteroatoms. The fourth-order valence-electron chi connectivity index (χ4n) is 5.13. The number of hydrogen-bond donors (Lipinski definition) is 1. The Morgan fingerprint density at radius 1 is 1.22 bits per heavy atom. The summed E-state index contributed by atoms with van der Waals surface area (Å²) in [6.07, 6.45) is 7.02. The van der Waals surface area contributed by atoms with E-state index < -0.39 is 0 Å². The van der Waals surface area contributed by atoms with E-state index in [-0.39, 0.29) is 18.2 Å². The average molecular weight is 365 g/mol. The lowest BCUT2D eigenvalue weighted by molar-refractivity contribution is -0.147. The minimum Gasteiger partial charge on any atom is -0.376 e. The van der Waals surface area contributed by atoms with Gasteiger partial charge in [-0.05, 0) is 37.8 Å². The van der Waals surface area contributed by atoms with Crippen LogP contribution in [0, 0.1) is 5.41 Å². The zero-order valence-electron chi connectivity index (χ0n) is 15.7. The summed E-state index contributed by atoms with van der Waals surface area (Å²) < 4.78 is 5.95. The Kier molecular flexibility index (Phi) is 4.27. The Morgan fingerprint density at radius 2 is 2.11 bits per heavy atom. The van der Waals surface area contributed by atoms with E-state index in [1.807, 2.05) is 23.1 Å². The largest absolute Gasteiger partial charge is 0.376 e. The molecule has 3 fully saturated rings. The summed E-state index contributed by atoms with van der Waals surface area (Å²) in [7, 11) is 0. The number of para-hydroxylation sites is 1. The molecule has 5 rings (SSSR count). The molecule has 2 atom stereocenters. The lowest BCUT2D eigenvalue weighted by Crippen LogP contribution is -2.73. The predicted molar refractivity (Wildman–Crippen MR) is 105 cm³/mol. The van der Waals surface area contributed by atoms with Gasteiger partial charge in [-0.25, -0.2) is 4.79 Å². The van der Waals surface area contributed by atoms with Gasteiger partial charge in [0.05, 0.1) is 17.7 Å². The lowest BCUT2D eigenvalue weighted by atomic mass is 9.56. The zero-order valence-corrected chi connectivity index (χ0v) is 15.7. The van der Waals surface area contributed by atoms with Gasteiger partial charge in [-0.15, -0.1) is 0 Å². The number of hydrogen-bond acceptors (Lipinski definition) is 3. The van der Waals surface area contributed by atoms with Crippen LogP contribution < -0.4 is 5.32 Å². The van der Waals surface area contributed by atoms with Crippen molar-refractivity contribution in [2.45, 2.75) is 50.7 Å². The number of rotatable bonds is 4. The molecule has 1 spiro atoms. The third-order valence-corrected chi connectivity index (χ3v) is 6.69. The molecule has 2 aliphatic heterocycles. The highest BCUT2D eigenvalue weighted by atomic mass is 16.5. The van der Waals surface area contributed by atoms with E-state index in [0.29, 0.717) is 12.0 Å². The molecule has 2 amide bonds. The number of amides is 2. The summed E-state index contributed by atoms with van der Waals surface area (Å²) >= 11 is 0. The molecule has 0 unspecified atom stereocenters. The van der Waals surface area contributed by atoms with Crippen molar-refractivity contribution in [1.29, 1.82) is 0 Å². The molecule has 1 aliphatic carbocycles. The minimum atomic E-state index is 0.0637. The van der Waals surface area contributed by atoms with Gasteiger partial charge in [0.1, 0.15) is 0 Å². The molecular weight excluding hydrogens is 338 g/mol. The van der Waals surface area contributed by atoms with E-state index in [0.717, 1.165) is 49.0 Å². The predicted octanol–water partition coefficient (Wildman–Crippen LogP) is 3.52. The fourth-order valence-corrected chi connectivity index (χ4v) is 5.13. The lowest BCUT2D eigenvalue weighted by Gasteiger charge is -2.63. The molecule has 1 aromatic heterocycles. The molecule has 2 aromatic rings. The number of aromatic nitrogens is 1. The van der Waals surface area contributed by atoms with Crippen molar-refractivity contribution >= 4 is 16.9 Å². The Morgan fingerprint density at radius 3 is 2.89 bits per heavy atom. The van der Waals surface area contributed by atoms with Crippen LogP contribution in [0.4, 0.5) is 4.79 Å². The third kappa shape index (κ3) is 2.98. The van der Waals surface area contributed by atoms with Crippen LogP contribution in [0.5, 0.6) is 0 Å². The van der Waals surface area contributed by atoms with Crippen LogP contribution in [0.25, 0.3) is 10.9 Å². The quantitative estimate of drug-likeness (QED) is 0.902. The Hall–Kier alpha value is -2.14. The van der Waals surface area contributed by atoms with Gasteiger partial charge in [0, 0.05) is 42.6 Å². The fraction of sp³-hybridized carbons (Fsp3) is 0.545. The normalized spacial score (nSPS) is 26.0. The highest BCUT2D eigenvalue weighted by Gasteiger charge is 2.60. The molecule has 142 valence electrons. The van der Waals surface area contributed by atoms with Gasteiger partial charge >= 0.3 is 6.03 Å². The second kappa shape index (κ2) is 6.79. The monoisotopic (exact) mass is 365 g/mol. The SMILES string of the molecule is O=C(NCCc1ccc2ccccc2n1)N1CC2(CCC2)[C@@H]1[C@H]1CCCO1. The van der Waals surface area contributed by atoms with Gasteiger partial charge < -0.3 is 15.0 Å². The van der Waals surface area contributed by atoms with Crippen LogP contribution in [-0.4, -0.2) is 47.8 Å². The van der Waals surface area contributed by atoms with Crippen LogP contribution in [0.15, 0.2) is 36.4 Å². The number of urea groups is 1. The molecule has 1 saturated carbocycles. The Labute approximate surface area is 160 Å². The molecule has 1 N–H and O–H groups in total. The number of ether oxygens (including phenoxy) is 1. The second-order valence-electron chi connectivity index (χ2n) is 8.32. The van der Waals surface area contributed by atoms with E-state index in [1.54, 1.807) is 0 Å². The maximum atomic E-state index is 12.8. The highest BCUT2D eigenvalue weighted by molar-refractivity contribution is 5.78. The van der Waals surface area contributed by atoms with Crippen molar-refractivity contribution in [1.82, 2.24) is 15.2 Å². The van der Waals surface area contributed by atoms with Crippen LogP contribution in [-0.2, 0) is 11.2 Å². The molecule has 27 heavy (non-hydrogen) atoms. The van der Waals surface area contributed by atoms with Crippen LogP contribution in [0.3, 0.4) is 0 Å². The maximum Gasteiger partial charge on any atom is 0.317 e. The van der Waals surface area contributed by atoms with E-state index in [9.17, 15) is 4.79 Å². The molecule has 0 bridgehead atoms. The van der Waals surface area contributed by atoms with E-state index in [2.05, 4.69) is 28.5 Å². The first-order valence-corrected chi connectivity index (χ1v) is 10.3. The van der Waals surface area contributed by atoms with Gasteiger partial charge in [0.2, 0.25) is 0 Å². The van der Waals surface area contributed by atoms with Crippen LogP contribution >= 0.6 is 0 Å². The van der Waals surface area contributed by atoms with E-state index in [1.165, 1.54) is 19.3 Å². The van der Waals surface area contributed by atoms with Crippen molar-refractivity contribution < 1.29 is 9.53 Å². The van der Waals surface area contributed by atoms with Crippen molar-refractivity contribution in [2.24, 2.45) is 5.41 Å². The molecule has 0 radical (unpaired) electrons. The highest BCUT2D eigenvalue weighted by Crippen LogP contribution is 2.55. The van der Waals surface area contributed by atoms with E-state index >= 15 is 0 Å². The van der Waals surface area contributed by atoms with Crippen LogP contribution in [0.2, 0.25) is 0 Å². The Bertz CT molecular complexity index is 842. The Balaban J connectivity index is 1.19. The number of carbonyl (C=O) groups excluding carboxylic acids is 1. The molecule has 1 aromatic carbocycles. The molecule has 3 aliphatic rings. The van der Waals surface area contributed by atoms with Gasteiger partial charge in [-0.3, -0.25) is 4.98 Å². The molecular formula is C22H27N3O2. The summed E-state index contributed by atoms with van der Waals surface area (Å²) in [4.78, 5) is 19.5. The third-order valence-electron chi connectivity index (χ3n) is 6.69. The summed E-state index contributed by atoms with van der Waals surface area (Å²) in [5.74, 6) is 0. The van der Waals surface area contributed by atoms with Crippen molar-refractivity contribution in [3.8, 4) is 0 Å². The molecule has 5 nitrogen and oxygen atoms in total. The summed E-state index contributed by atoms with van der Waals surface area (Å²) in [5, 5.41) is 4.26. The average Bonchev–Trinajstić information content (AvgIpc) is 3.13. The first kappa shape index (κ1) is 17.0. The number of carbonyl (C=O) groups is 1. The minimum absolute atomic E-state index is 0.0637. The molecule has 2 saturated heterocycles. The van der Waals surface area contributed by atoms with Gasteiger partial charge in [-0.2, -0.15) is 0 Å². The smallest absolute Gasteiger partial charge is 0.317 e. The second-order valence-corrected chi connectivity index (χ2v) is 8.32. The van der Waals surface area contributed by atoms with Gasteiger partial charge in [0.25, 0.3) is 0 Å². The first-order valence-electron chi connectivity index (χ1n) is 10.3. The maximum absolute atomic E-state index is 12.8. The van der Waals surface area contributed by atoms with Crippen molar-refractivity contribution in [2.75, 3.05) is 19.7 Å². The number of nitrogens with one attached hydrogen (secondary N) is 1. The molecule has 3 heterocycles. The van der Waals surface area contributed by atoms with Crippen LogP contribution in [0.1, 0.15) is 37.8 Å². The number of fused-ring (bicyclic) bond motifs is 1. The topological polar surface area (TPSA) is 54.5 Å². The zero-order chi connectivity index (χ0) is 18.3. The number of likely N-dealkylation sites (tertiary alicyclic amines) is 1. The van der Waals surface area contributed by atoms with Gasteiger partial charge in [0.15, 0.2) is 0 Å². The summed E-state index contributed by atoms with van der Waals surface area (Å²) in [6, 6.07) is 12.6. The van der Waals surface area contributed by atoms with Gasteiger partial charge in [-0.1, -0.05) is 30.7 Å². The number of pyridine rings is 1. The first-order chi connectivity index (χ1) is 13.3. The summed E-state index contributed by atoms with van der Waals surface area (Å²) in [6.45, 7) is 2.36. The number of benzene rings is 1.